The maximum Gasteiger partial charge on any atom is 0.138 e. The summed E-state index contributed by atoms with van der Waals surface area (Å²) in [5.41, 5.74) is 2.50. The zero-order chi connectivity index (χ0) is 14.7. The molecule has 0 saturated carbocycles. The molecule has 0 amide bonds. The van der Waals surface area contributed by atoms with Crippen molar-refractivity contribution in [1.82, 2.24) is 20.1 Å². The van der Waals surface area contributed by atoms with Gasteiger partial charge in [0, 0.05) is 25.1 Å². The monoisotopic (exact) mass is 276 g/mol. The lowest BCUT2D eigenvalue weighted by molar-refractivity contribution is 0.472. The van der Waals surface area contributed by atoms with Gasteiger partial charge in [-0.15, -0.1) is 0 Å². The first-order chi connectivity index (χ1) is 9.54. The summed E-state index contributed by atoms with van der Waals surface area (Å²) in [5, 5.41) is 7.75. The molecule has 0 spiro atoms. The Morgan fingerprint density at radius 3 is 2.55 bits per heavy atom. The van der Waals surface area contributed by atoms with Crippen LogP contribution in [-0.4, -0.2) is 21.3 Å². The van der Waals surface area contributed by atoms with E-state index in [1.807, 2.05) is 25.6 Å². The first-order valence-corrected chi connectivity index (χ1v) is 7.17. The van der Waals surface area contributed by atoms with Crippen molar-refractivity contribution in [1.29, 1.82) is 0 Å². The van der Waals surface area contributed by atoms with Gasteiger partial charge < -0.3 is 9.73 Å². The third-order valence-corrected chi connectivity index (χ3v) is 3.80. The number of hydrogen-bond acceptors (Lipinski definition) is 4. The minimum Gasteiger partial charge on any atom is -0.466 e. The smallest absolute Gasteiger partial charge is 0.138 e. The molecular weight excluding hydrogens is 252 g/mol. The molecule has 0 aromatic carbocycles. The molecule has 110 valence electrons. The van der Waals surface area contributed by atoms with E-state index in [2.05, 4.69) is 29.2 Å². The molecule has 2 rings (SSSR count). The van der Waals surface area contributed by atoms with Crippen LogP contribution in [0.5, 0.6) is 0 Å². The fourth-order valence-corrected chi connectivity index (χ4v) is 2.60. The average Bonchev–Trinajstić information content (AvgIpc) is 2.91. The van der Waals surface area contributed by atoms with Crippen molar-refractivity contribution in [3.05, 3.63) is 34.8 Å². The van der Waals surface area contributed by atoms with Crippen LogP contribution in [0.2, 0.25) is 0 Å². The molecule has 0 bridgehead atoms. The van der Waals surface area contributed by atoms with Crippen molar-refractivity contribution >= 4 is 0 Å². The number of aromatic nitrogens is 3. The van der Waals surface area contributed by atoms with Crippen LogP contribution in [0.4, 0.5) is 0 Å². The van der Waals surface area contributed by atoms with E-state index in [0.717, 1.165) is 36.7 Å². The van der Waals surface area contributed by atoms with Gasteiger partial charge in [0.15, 0.2) is 0 Å². The third-order valence-electron chi connectivity index (χ3n) is 3.80. The summed E-state index contributed by atoms with van der Waals surface area (Å²) in [4.78, 5) is 4.34. The Balaban J connectivity index is 2.29. The quantitative estimate of drug-likeness (QED) is 0.881. The molecule has 1 N–H and O–H groups in total. The van der Waals surface area contributed by atoms with E-state index in [-0.39, 0.29) is 6.04 Å². The topological polar surface area (TPSA) is 55.9 Å². The van der Waals surface area contributed by atoms with Crippen molar-refractivity contribution in [3.63, 3.8) is 0 Å². The Morgan fingerprint density at radius 2 is 2.05 bits per heavy atom. The third kappa shape index (κ3) is 2.93. The lowest BCUT2D eigenvalue weighted by Gasteiger charge is -2.19. The predicted molar refractivity (Wildman–Crippen MR) is 78.7 cm³/mol. The molecule has 0 radical (unpaired) electrons. The van der Waals surface area contributed by atoms with Crippen LogP contribution in [0.25, 0.3) is 0 Å². The largest absolute Gasteiger partial charge is 0.466 e. The van der Waals surface area contributed by atoms with Gasteiger partial charge in [-0.2, -0.15) is 5.10 Å². The Bertz CT molecular complexity index is 570. The molecule has 5 nitrogen and oxygen atoms in total. The van der Waals surface area contributed by atoms with Crippen LogP contribution in [0.15, 0.2) is 10.7 Å². The molecule has 20 heavy (non-hydrogen) atoms. The maximum absolute atomic E-state index is 5.77. The van der Waals surface area contributed by atoms with Crippen molar-refractivity contribution in [3.8, 4) is 0 Å². The highest BCUT2D eigenvalue weighted by Crippen LogP contribution is 2.29. The maximum atomic E-state index is 5.77. The minimum atomic E-state index is 0.218. The van der Waals surface area contributed by atoms with E-state index in [4.69, 9.17) is 4.42 Å². The molecule has 0 aliphatic carbocycles. The Hall–Kier alpha value is -1.62. The van der Waals surface area contributed by atoms with E-state index in [0.29, 0.717) is 0 Å². The molecule has 0 aliphatic rings. The summed E-state index contributed by atoms with van der Waals surface area (Å²) in [5.74, 6) is 2.98. The fourth-order valence-electron chi connectivity index (χ4n) is 2.60. The fraction of sp³-hybridized carbons (Fsp3) is 0.600. The standard InChI is InChI=1S/C15H24N4O/c1-6-7-16-13(8-14-17-9-18-19(14)5)15-10(2)11(3)20-12(15)4/h9,13,16H,6-8H2,1-5H3. The average molecular weight is 276 g/mol. The Kier molecular flexibility index (Phi) is 4.60. The zero-order valence-corrected chi connectivity index (χ0v) is 13.0. The summed E-state index contributed by atoms with van der Waals surface area (Å²) in [6.45, 7) is 9.33. The molecule has 2 heterocycles. The molecule has 5 heteroatoms. The zero-order valence-electron chi connectivity index (χ0n) is 13.0. The summed E-state index contributed by atoms with van der Waals surface area (Å²) < 4.78 is 7.60. The molecule has 0 saturated heterocycles. The van der Waals surface area contributed by atoms with Crippen LogP contribution in [0.1, 0.15) is 47.9 Å². The van der Waals surface area contributed by atoms with Gasteiger partial charge >= 0.3 is 0 Å². The van der Waals surface area contributed by atoms with Crippen molar-refractivity contribution in [2.24, 2.45) is 7.05 Å². The van der Waals surface area contributed by atoms with Gasteiger partial charge in [0.05, 0.1) is 0 Å². The van der Waals surface area contributed by atoms with Gasteiger partial charge in [0.1, 0.15) is 23.7 Å². The normalized spacial score (nSPS) is 12.8. The number of nitrogens with zero attached hydrogens (tertiary/aromatic N) is 3. The van der Waals surface area contributed by atoms with E-state index in [1.54, 1.807) is 6.33 Å². The highest BCUT2D eigenvalue weighted by molar-refractivity contribution is 5.34. The van der Waals surface area contributed by atoms with Crippen molar-refractivity contribution in [2.45, 2.75) is 46.6 Å². The molecule has 1 unspecified atom stereocenters. The predicted octanol–water partition coefficient (Wildman–Crippen LogP) is 2.62. The SMILES string of the molecule is CCCNC(Cc1ncnn1C)c1c(C)oc(C)c1C. The molecular formula is C15H24N4O. The van der Waals surface area contributed by atoms with E-state index in [1.165, 1.54) is 11.1 Å². The molecule has 0 fully saturated rings. The molecule has 0 aliphatic heterocycles. The summed E-state index contributed by atoms with van der Waals surface area (Å²) in [7, 11) is 1.93. The molecule has 2 aromatic heterocycles. The van der Waals surface area contributed by atoms with Crippen molar-refractivity contribution < 1.29 is 4.42 Å². The van der Waals surface area contributed by atoms with E-state index < -0.39 is 0 Å². The number of aryl methyl sites for hydroxylation is 3. The first-order valence-electron chi connectivity index (χ1n) is 7.17. The first kappa shape index (κ1) is 14.8. The second-order valence-electron chi connectivity index (χ2n) is 5.26. The van der Waals surface area contributed by atoms with E-state index >= 15 is 0 Å². The van der Waals surface area contributed by atoms with Crippen LogP contribution < -0.4 is 5.32 Å². The van der Waals surface area contributed by atoms with Gasteiger partial charge in [-0.1, -0.05) is 6.92 Å². The summed E-state index contributed by atoms with van der Waals surface area (Å²) in [6, 6.07) is 0.218. The highest BCUT2D eigenvalue weighted by atomic mass is 16.3. The second-order valence-corrected chi connectivity index (χ2v) is 5.26. The van der Waals surface area contributed by atoms with E-state index in [9.17, 15) is 0 Å². The van der Waals surface area contributed by atoms with Gasteiger partial charge in [-0.3, -0.25) is 4.68 Å². The van der Waals surface area contributed by atoms with Gasteiger partial charge in [0.25, 0.3) is 0 Å². The van der Waals surface area contributed by atoms with Crippen LogP contribution in [-0.2, 0) is 13.5 Å². The number of hydrogen-bond donors (Lipinski definition) is 1. The lowest BCUT2D eigenvalue weighted by Crippen LogP contribution is -2.26. The number of nitrogens with one attached hydrogen (secondary N) is 1. The molecule has 1 atom stereocenters. The summed E-state index contributed by atoms with van der Waals surface area (Å²) in [6.07, 6.45) is 3.52. The number of furan rings is 1. The highest BCUT2D eigenvalue weighted by Gasteiger charge is 2.22. The van der Waals surface area contributed by atoms with Gasteiger partial charge in [-0.25, -0.2) is 4.98 Å². The van der Waals surface area contributed by atoms with Crippen molar-refractivity contribution in [2.75, 3.05) is 6.54 Å². The number of rotatable bonds is 6. The summed E-state index contributed by atoms with van der Waals surface area (Å²) >= 11 is 0. The van der Waals surface area contributed by atoms with Crippen LogP contribution in [0.3, 0.4) is 0 Å². The van der Waals surface area contributed by atoms with Gasteiger partial charge in [-0.05, 0) is 39.3 Å². The second kappa shape index (κ2) is 6.22. The van der Waals surface area contributed by atoms with Gasteiger partial charge in [0.2, 0.25) is 0 Å². The van der Waals surface area contributed by atoms with Crippen LogP contribution >= 0.6 is 0 Å². The Labute approximate surface area is 120 Å². The Morgan fingerprint density at radius 1 is 1.30 bits per heavy atom. The lowest BCUT2D eigenvalue weighted by atomic mass is 9.99. The minimum absolute atomic E-state index is 0.218. The molecule has 2 aromatic rings. The van der Waals surface area contributed by atoms with Crippen LogP contribution in [0, 0.1) is 20.8 Å².